The van der Waals surface area contributed by atoms with E-state index >= 15 is 0 Å². The third kappa shape index (κ3) is 2.67. The number of nitroso groups, excluding NO2 is 1. The predicted molar refractivity (Wildman–Crippen MR) is 67.1 cm³/mol. The third-order valence-electron chi connectivity index (χ3n) is 2.96. The van der Waals surface area contributed by atoms with E-state index in [1.54, 1.807) is 0 Å². The summed E-state index contributed by atoms with van der Waals surface area (Å²) in [6.45, 7) is 0. The topological polar surface area (TPSA) is 117 Å². The first kappa shape index (κ1) is 15.2. The zero-order valence-electron chi connectivity index (χ0n) is 11.0. The van der Waals surface area contributed by atoms with Crippen molar-refractivity contribution in [3.63, 3.8) is 0 Å². The van der Waals surface area contributed by atoms with Crippen molar-refractivity contribution in [3.05, 3.63) is 40.3 Å². The van der Waals surface area contributed by atoms with Crippen LogP contribution in [0.1, 0.15) is 28.8 Å². The Morgan fingerprint density at radius 1 is 1.27 bits per heavy atom. The highest BCUT2D eigenvalue weighted by atomic mass is 19.1. The number of amides is 2. The van der Waals surface area contributed by atoms with E-state index in [9.17, 15) is 23.7 Å². The zero-order chi connectivity index (χ0) is 16.3. The summed E-state index contributed by atoms with van der Waals surface area (Å²) in [7, 11) is 0. The molecular formula is C13H8FN3O5. The maximum Gasteiger partial charge on any atom is 0.363 e. The first-order valence-electron chi connectivity index (χ1n) is 6.04. The van der Waals surface area contributed by atoms with Crippen LogP contribution in [0.25, 0.3) is 0 Å². The minimum absolute atomic E-state index is 0.0391. The zero-order valence-corrected chi connectivity index (χ0v) is 11.0. The Balaban J connectivity index is 2.15. The fourth-order valence-corrected chi connectivity index (χ4v) is 1.76. The number of carbonyl (C=O) groups is 3. The molecule has 8 nitrogen and oxygen atoms in total. The highest BCUT2D eigenvalue weighted by Crippen LogP contribution is 2.27. The van der Waals surface area contributed by atoms with Gasteiger partial charge in [0, 0.05) is 18.4 Å². The number of hydroxylamine groups is 2. The van der Waals surface area contributed by atoms with Crippen LogP contribution in [0.15, 0.2) is 29.4 Å². The highest BCUT2D eigenvalue weighted by molar-refractivity contribution is 6.02. The van der Waals surface area contributed by atoms with Gasteiger partial charge in [-0.2, -0.15) is 9.65 Å². The molecule has 1 aromatic carbocycles. The molecule has 2 rings (SSSR count). The molecule has 1 fully saturated rings. The number of benzene rings is 1. The molecule has 112 valence electrons. The lowest BCUT2D eigenvalue weighted by Crippen LogP contribution is -2.32. The summed E-state index contributed by atoms with van der Waals surface area (Å²) < 4.78 is 13.7. The molecule has 0 aromatic heterocycles. The van der Waals surface area contributed by atoms with E-state index in [4.69, 9.17) is 5.26 Å². The number of nitrogens with zero attached hydrogens (tertiary/aromatic N) is 3. The van der Waals surface area contributed by atoms with Gasteiger partial charge in [-0.3, -0.25) is 9.59 Å². The molecule has 0 aliphatic carbocycles. The van der Waals surface area contributed by atoms with Crippen LogP contribution in [0, 0.1) is 16.2 Å². The molecule has 0 N–H and O–H groups in total. The normalized spacial score (nSPS) is 16.8. The van der Waals surface area contributed by atoms with Gasteiger partial charge in [0.05, 0.1) is 5.56 Å². The van der Waals surface area contributed by atoms with Crippen molar-refractivity contribution in [3.8, 4) is 6.07 Å². The second-order valence-electron chi connectivity index (χ2n) is 4.36. The molecule has 0 spiro atoms. The van der Waals surface area contributed by atoms with Gasteiger partial charge >= 0.3 is 11.8 Å². The smallest absolute Gasteiger partial charge is 0.325 e. The molecule has 1 aliphatic rings. The van der Waals surface area contributed by atoms with Gasteiger partial charge in [0.1, 0.15) is 6.07 Å². The van der Waals surface area contributed by atoms with Crippen molar-refractivity contribution in [2.45, 2.75) is 18.6 Å². The molecule has 0 bridgehead atoms. The van der Waals surface area contributed by atoms with Crippen LogP contribution < -0.4 is 0 Å². The largest absolute Gasteiger partial charge is 0.363 e. The van der Waals surface area contributed by atoms with Gasteiger partial charge in [0.25, 0.3) is 11.8 Å². The van der Waals surface area contributed by atoms with Gasteiger partial charge in [0.15, 0.2) is 0 Å². The number of alkyl halides is 1. The van der Waals surface area contributed by atoms with Crippen molar-refractivity contribution >= 4 is 17.8 Å². The van der Waals surface area contributed by atoms with E-state index in [0.717, 1.165) is 30.3 Å². The fraction of sp³-hybridized carbons (Fsp3) is 0.231. The van der Waals surface area contributed by atoms with E-state index in [-0.39, 0.29) is 24.0 Å². The molecule has 1 aromatic rings. The monoisotopic (exact) mass is 305 g/mol. The fourth-order valence-electron chi connectivity index (χ4n) is 1.76. The Hall–Kier alpha value is -3.15. The molecular weight excluding hydrogens is 297 g/mol. The number of imide groups is 1. The summed E-state index contributed by atoms with van der Waals surface area (Å²) >= 11 is 0. The molecule has 1 aliphatic heterocycles. The maximum atomic E-state index is 13.7. The third-order valence-corrected chi connectivity index (χ3v) is 2.96. The summed E-state index contributed by atoms with van der Waals surface area (Å²) in [6.07, 6.45) is -0.0782. The van der Waals surface area contributed by atoms with Crippen LogP contribution in [0.5, 0.6) is 0 Å². The number of rotatable bonds is 4. The summed E-state index contributed by atoms with van der Waals surface area (Å²) in [5.74, 6) is -5.32. The molecule has 22 heavy (non-hydrogen) atoms. The van der Waals surface area contributed by atoms with E-state index in [0.29, 0.717) is 5.06 Å². The molecule has 1 heterocycles. The second-order valence-corrected chi connectivity index (χ2v) is 4.36. The van der Waals surface area contributed by atoms with Gasteiger partial charge in [-0.05, 0) is 17.3 Å². The van der Waals surface area contributed by atoms with E-state index in [2.05, 4.69) is 10.0 Å². The number of halogens is 1. The van der Waals surface area contributed by atoms with Gasteiger partial charge in [-0.25, -0.2) is 4.79 Å². The Labute approximate surface area is 123 Å². The lowest BCUT2D eigenvalue weighted by atomic mass is 10.0. The average molecular weight is 305 g/mol. The van der Waals surface area contributed by atoms with Crippen molar-refractivity contribution in [2.24, 2.45) is 5.18 Å². The number of nitriles is 1. The van der Waals surface area contributed by atoms with E-state index in [1.165, 1.54) is 0 Å². The summed E-state index contributed by atoms with van der Waals surface area (Å²) in [6, 6.07) is 5.29. The number of carbonyl (C=O) groups excluding carboxylic acids is 3. The van der Waals surface area contributed by atoms with Crippen LogP contribution in [-0.4, -0.2) is 22.8 Å². The first-order chi connectivity index (χ1) is 10.4. The molecule has 9 heteroatoms. The van der Waals surface area contributed by atoms with Crippen molar-refractivity contribution in [2.75, 3.05) is 0 Å². The quantitative estimate of drug-likeness (QED) is 0.470. The standard InChI is InChI=1S/C13H8FN3O5/c14-13(7-15,16-21)9-3-1-8(2-4-9)12(20)22-17-10(18)5-6-11(17)19/h1-4H,5-6H2. The Morgan fingerprint density at radius 2 is 1.82 bits per heavy atom. The van der Waals surface area contributed by atoms with Crippen LogP contribution in [0.2, 0.25) is 0 Å². The van der Waals surface area contributed by atoms with Crippen molar-refractivity contribution < 1.29 is 23.6 Å². The highest BCUT2D eigenvalue weighted by Gasteiger charge is 2.35. The van der Waals surface area contributed by atoms with Crippen LogP contribution in [0.4, 0.5) is 4.39 Å². The first-order valence-corrected chi connectivity index (χ1v) is 6.04. The lowest BCUT2D eigenvalue weighted by Gasteiger charge is -2.13. The van der Waals surface area contributed by atoms with Gasteiger partial charge in [-0.1, -0.05) is 12.1 Å². The maximum absolute atomic E-state index is 13.7. The summed E-state index contributed by atoms with van der Waals surface area (Å²) in [5, 5.41) is 11.0. The minimum atomic E-state index is -3.05. The van der Waals surface area contributed by atoms with Gasteiger partial charge in [-0.15, -0.1) is 9.97 Å². The molecule has 2 amide bonds. The summed E-state index contributed by atoms with van der Waals surface area (Å²) in [5.41, 5.74) is -0.447. The van der Waals surface area contributed by atoms with E-state index < -0.39 is 23.6 Å². The molecule has 0 saturated carbocycles. The van der Waals surface area contributed by atoms with Crippen molar-refractivity contribution in [1.82, 2.24) is 5.06 Å². The van der Waals surface area contributed by atoms with E-state index in [1.807, 2.05) is 0 Å². The Kier molecular flexibility index (Phi) is 3.94. The SMILES string of the molecule is N#CC(F)(N=O)c1ccc(C(=O)ON2C(=O)CCC2=O)cc1. The van der Waals surface area contributed by atoms with Gasteiger partial charge < -0.3 is 4.84 Å². The number of hydrogen-bond donors (Lipinski definition) is 0. The minimum Gasteiger partial charge on any atom is -0.325 e. The average Bonchev–Trinajstić information content (AvgIpc) is 2.86. The van der Waals surface area contributed by atoms with Gasteiger partial charge in [0.2, 0.25) is 0 Å². The van der Waals surface area contributed by atoms with Crippen molar-refractivity contribution in [1.29, 1.82) is 5.26 Å². The molecule has 0 radical (unpaired) electrons. The number of hydrogen-bond acceptors (Lipinski definition) is 7. The Bertz CT molecular complexity index is 681. The molecule has 1 atom stereocenters. The Morgan fingerprint density at radius 3 is 2.27 bits per heavy atom. The lowest BCUT2D eigenvalue weighted by molar-refractivity contribution is -0.172. The van der Waals surface area contributed by atoms with Crippen LogP contribution in [-0.2, 0) is 20.2 Å². The molecule has 1 unspecified atom stereocenters. The van der Waals surface area contributed by atoms with Crippen LogP contribution in [0.3, 0.4) is 0 Å². The predicted octanol–water partition coefficient (Wildman–Crippen LogP) is 1.32. The summed E-state index contributed by atoms with van der Waals surface area (Å²) in [4.78, 5) is 49.4. The molecule has 1 saturated heterocycles. The second kappa shape index (κ2) is 5.69. The van der Waals surface area contributed by atoms with Crippen LogP contribution >= 0.6 is 0 Å².